The predicted octanol–water partition coefficient (Wildman–Crippen LogP) is 4.94. The third-order valence-electron chi connectivity index (χ3n) is 3.66. The zero-order valence-electron chi connectivity index (χ0n) is 12.4. The Morgan fingerprint density at radius 3 is 2.48 bits per heavy atom. The van der Waals surface area contributed by atoms with E-state index in [9.17, 15) is 0 Å². The Balaban J connectivity index is 1.77. The number of ether oxygens (including phenoxy) is 1. The summed E-state index contributed by atoms with van der Waals surface area (Å²) >= 11 is 0. The van der Waals surface area contributed by atoms with Crippen LogP contribution in [-0.4, -0.2) is 4.98 Å². The lowest BCUT2D eigenvalue weighted by molar-refractivity contribution is 0.307. The zero-order chi connectivity index (χ0) is 14.7. The second kappa shape index (κ2) is 5.96. The summed E-state index contributed by atoms with van der Waals surface area (Å²) in [5.41, 5.74) is 3.45. The standard InChI is InChI=1S/C19H19NO/c1-14(2)15-8-10-18(11-9-15)21-13-17-6-3-5-16-7-4-12-20-19(16)17/h3-12,14H,13H2,1-2H3. The number of benzene rings is 2. The average molecular weight is 277 g/mol. The fourth-order valence-electron chi connectivity index (χ4n) is 2.39. The van der Waals surface area contributed by atoms with Crippen molar-refractivity contribution in [3.05, 3.63) is 71.9 Å². The third-order valence-corrected chi connectivity index (χ3v) is 3.66. The molecule has 3 rings (SSSR count). The predicted molar refractivity (Wildman–Crippen MR) is 86.6 cm³/mol. The van der Waals surface area contributed by atoms with Gasteiger partial charge in [0.2, 0.25) is 0 Å². The van der Waals surface area contributed by atoms with Crippen LogP contribution in [0.1, 0.15) is 30.9 Å². The molecule has 3 aromatic rings. The van der Waals surface area contributed by atoms with E-state index < -0.39 is 0 Å². The smallest absolute Gasteiger partial charge is 0.119 e. The van der Waals surface area contributed by atoms with Crippen molar-refractivity contribution in [2.24, 2.45) is 0 Å². The molecule has 2 aromatic carbocycles. The SMILES string of the molecule is CC(C)c1ccc(OCc2cccc3cccnc23)cc1. The maximum Gasteiger partial charge on any atom is 0.119 e. The minimum Gasteiger partial charge on any atom is -0.489 e. The van der Waals surface area contributed by atoms with E-state index in [-0.39, 0.29) is 0 Å². The van der Waals surface area contributed by atoms with Crippen LogP contribution in [0.25, 0.3) is 10.9 Å². The maximum atomic E-state index is 5.89. The lowest BCUT2D eigenvalue weighted by Crippen LogP contribution is -1.97. The first kappa shape index (κ1) is 13.6. The molecule has 0 spiro atoms. The monoisotopic (exact) mass is 277 g/mol. The highest BCUT2D eigenvalue weighted by Gasteiger charge is 2.03. The van der Waals surface area contributed by atoms with Crippen LogP contribution < -0.4 is 4.74 Å². The summed E-state index contributed by atoms with van der Waals surface area (Å²) in [6, 6.07) is 18.5. The van der Waals surface area contributed by atoms with Crippen molar-refractivity contribution in [1.29, 1.82) is 0 Å². The molecule has 0 atom stereocenters. The van der Waals surface area contributed by atoms with Crippen LogP contribution in [0.5, 0.6) is 5.75 Å². The Bertz CT molecular complexity index is 727. The summed E-state index contributed by atoms with van der Waals surface area (Å²) in [5.74, 6) is 1.44. The molecule has 0 N–H and O–H groups in total. The van der Waals surface area contributed by atoms with Gasteiger partial charge in [-0.25, -0.2) is 0 Å². The molecule has 21 heavy (non-hydrogen) atoms. The minimum absolute atomic E-state index is 0.537. The zero-order valence-corrected chi connectivity index (χ0v) is 12.4. The molecule has 2 heteroatoms. The number of rotatable bonds is 4. The second-order valence-electron chi connectivity index (χ2n) is 5.50. The molecule has 0 amide bonds. The molecule has 0 saturated heterocycles. The molecule has 0 saturated carbocycles. The first-order chi connectivity index (χ1) is 10.2. The van der Waals surface area contributed by atoms with Crippen molar-refractivity contribution >= 4 is 10.9 Å². The van der Waals surface area contributed by atoms with Gasteiger partial charge in [0.15, 0.2) is 0 Å². The van der Waals surface area contributed by atoms with Gasteiger partial charge < -0.3 is 4.74 Å². The Morgan fingerprint density at radius 1 is 0.952 bits per heavy atom. The van der Waals surface area contributed by atoms with Gasteiger partial charge in [0.05, 0.1) is 5.52 Å². The van der Waals surface area contributed by atoms with Crippen molar-refractivity contribution in [2.75, 3.05) is 0 Å². The number of nitrogens with zero attached hydrogens (tertiary/aromatic N) is 1. The molecule has 0 aliphatic heterocycles. The van der Waals surface area contributed by atoms with Crippen LogP contribution >= 0.6 is 0 Å². The number of fused-ring (bicyclic) bond motifs is 1. The van der Waals surface area contributed by atoms with E-state index in [1.807, 2.05) is 30.5 Å². The van der Waals surface area contributed by atoms with Gasteiger partial charge in [-0.2, -0.15) is 0 Å². The fraction of sp³-hybridized carbons (Fsp3) is 0.211. The van der Waals surface area contributed by atoms with Crippen LogP contribution in [0, 0.1) is 0 Å². The van der Waals surface area contributed by atoms with Crippen molar-refractivity contribution < 1.29 is 4.74 Å². The summed E-state index contributed by atoms with van der Waals surface area (Å²) in [6.07, 6.45) is 1.82. The molecule has 2 nitrogen and oxygen atoms in total. The number of aromatic nitrogens is 1. The van der Waals surface area contributed by atoms with E-state index in [4.69, 9.17) is 4.74 Å². The molecule has 1 heterocycles. The van der Waals surface area contributed by atoms with Gasteiger partial charge in [-0.1, -0.05) is 50.2 Å². The molecular weight excluding hydrogens is 258 g/mol. The lowest BCUT2D eigenvalue weighted by Gasteiger charge is -2.10. The Labute approximate surface area is 125 Å². The van der Waals surface area contributed by atoms with E-state index in [1.54, 1.807) is 0 Å². The van der Waals surface area contributed by atoms with Gasteiger partial charge in [-0.3, -0.25) is 4.98 Å². The van der Waals surface area contributed by atoms with Gasteiger partial charge in [-0.05, 0) is 29.7 Å². The first-order valence-electron chi connectivity index (χ1n) is 7.29. The lowest BCUT2D eigenvalue weighted by atomic mass is 10.0. The van der Waals surface area contributed by atoms with Crippen LogP contribution in [0.2, 0.25) is 0 Å². The normalized spacial score (nSPS) is 11.0. The van der Waals surface area contributed by atoms with Crippen molar-refractivity contribution in [1.82, 2.24) is 4.98 Å². The Kier molecular flexibility index (Phi) is 3.87. The van der Waals surface area contributed by atoms with Crippen molar-refractivity contribution in [3.63, 3.8) is 0 Å². The van der Waals surface area contributed by atoms with E-state index in [1.165, 1.54) is 5.56 Å². The van der Waals surface area contributed by atoms with Crippen LogP contribution in [0.15, 0.2) is 60.8 Å². The van der Waals surface area contributed by atoms with Crippen molar-refractivity contribution in [2.45, 2.75) is 26.4 Å². The van der Waals surface area contributed by atoms with Crippen LogP contribution in [0.3, 0.4) is 0 Å². The third kappa shape index (κ3) is 3.05. The van der Waals surface area contributed by atoms with E-state index >= 15 is 0 Å². The highest BCUT2D eigenvalue weighted by atomic mass is 16.5. The van der Waals surface area contributed by atoms with Crippen LogP contribution in [-0.2, 0) is 6.61 Å². The maximum absolute atomic E-state index is 5.89. The minimum atomic E-state index is 0.537. The number of hydrogen-bond donors (Lipinski definition) is 0. The first-order valence-corrected chi connectivity index (χ1v) is 7.29. The summed E-state index contributed by atoms with van der Waals surface area (Å²) in [7, 11) is 0. The van der Waals surface area contributed by atoms with Gasteiger partial charge in [-0.15, -0.1) is 0 Å². The van der Waals surface area contributed by atoms with Gasteiger partial charge in [0.1, 0.15) is 12.4 Å². The van der Waals surface area contributed by atoms with Gasteiger partial charge in [0, 0.05) is 17.1 Å². The average Bonchev–Trinajstić information content (AvgIpc) is 2.53. The summed E-state index contributed by atoms with van der Waals surface area (Å²) in [6.45, 7) is 4.92. The molecule has 0 fully saturated rings. The fourth-order valence-corrected chi connectivity index (χ4v) is 2.39. The molecule has 1 aromatic heterocycles. The summed E-state index contributed by atoms with van der Waals surface area (Å²) in [5, 5.41) is 1.15. The molecule has 0 aliphatic carbocycles. The molecule has 0 bridgehead atoms. The quantitative estimate of drug-likeness (QED) is 0.674. The number of para-hydroxylation sites is 1. The van der Waals surface area contributed by atoms with Crippen molar-refractivity contribution in [3.8, 4) is 5.75 Å². The molecular formula is C19H19NO. The van der Waals surface area contributed by atoms with Crippen LogP contribution in [0.4, 0.5) is 0 Å². The largest absolute Gasteiger partial charge is 0.489 e. The topological polar surface area (TPSA) is 22.1 Å². The molecule has 0 unspecified atom stereocenters. The van der Waals surface area contributed by atoms with E-state index in [0.29, 0.717) is 12.5 Å². The summed E-state index contributed by atoms with van der Waals surface area (Å²) < 4.78 is 5.89. The van der Waals surface area contributed by atoms with E-state index in [2.05, 4.69) is 49.2 Å². The summed E-state index contributed by atoms with van der Waals surface area (Å²) in [4.78, 5) is 4.45. The number of hydrogen-bond acceptors (Lipinski definition) is 2. The highest BCUT2D eigenvalue weighted by Crippen LogP contribution is 2.21. The van der Waals surface area contributed by atoms with Gasteiger partial charge in [0.25, 0.3) is 0 Å². The van der Waals surface area contributed by atoms with E-state index in [0.717, 1.165) is 22.2 Å². The Morgan fingerprint density at radius 2 is 1.71 bits per heavy atom. The molecule has 0 aliphatic rings. The molecule has 106 valence electrons. The second-order valence-corrected chi connectivity index (χ2v) is 5.50. The highest BCUT2D eigenvalue weighted by molar-refractivity contribution is 5.81. The molecule has 0 radical (unpaired) electrons. The Hall–Kier alpha value is -2.35. The van der Waals surface area contributed by atoms with Gasteiger partial charge >= 0.3 is 0 Å². The number of pyridine rings is 1.